The lowest BCUT2D eigenvalue weighted by Crippen LogP contribution is -2.58. The van der Waals surface area contributed by atoms with E-state index in [0.29, 0.717) is 5.56 Å². The normalized spacial score (nSPS) is 13.9. The van der Waals surface area contributed by atoms with Crippen LogP contribution in [0, 0.1) is 0 Å². The van der Waals surface area contributed by atoms with E-state index < -0.39 is 109 Å². The second-order valence-corrected chi connectivity index (χ2v) is 12.2. The predicted molar refractivity (Wildman–Crippen MR) is 193 cm³/mol. The van der Waals surface area contributed by atoms with Crippen LogP contribution >= 0.6 is 0 Å². The summed E-state index contributed by atoms with van der Waals surface area (Å²) in [6.07, 6.45) is -1.37. The maximum absolute atomic E-state index is 13.2. The van der Waals surface area contributed by atoms with Crippen molar-refractivity contribution in [1.82, 2.24) is 31.9 Å². The number of carboxylic acid groups (broad SMARTS) is 1. The number of primary amides is 2. The average molecular weight is 779 g/mol. The number of guanidine groups is 1. The third kappa shape index (κ3) is 18.8. The van der Waals surface area contributed by atoms with Crippen LogP contribution < -0.4 is 60.6 Å². The van der Waals surface area contributed by atoms with Crippen molar-refractivity contribution < 1.29 is 53.4 Å². The maximum Gasteiger partial charge on any atom is 0.326 e. The number of carbonyl (C=O) groups excluding carboxylic acids is 8. The Labute approximate surface area is 315 Å². The molecule has 1 aromatic rings. The van der Waals surface area contributed by atoms with Gasteiger partial charge in [0.25, 0.3) is 0 Å². The molecule has 1 rings (SSSR count). The lowest BCUT2D eigenvalue weighted by Gasteiger charge is -2.24. The van der Waals surface area contributed by atoms with E-state index in [1.165, 1.54) is 6.92 Å². The fourth-order valence-corrected chi connectivity index (χ4v) is 4.64. The quantitative estimate of drug-likeness (QED) is 0.0249. The molecular formula is C32H50N12O11. The first kappa shape index (κ1) is 46.7. The molecule has 0 saturated heterocycles. The summed E-state index contributed by atoms with van der Waals surface area (Å²) in [5.41, 5.74) is 27.1. The summed E-state index contributed by atoms with van der Waals surface area (Å²) < 4.78 is 0. The Morgan fingerprint density at radius 3 is 1.82 bits per heavy atom. The fourth-order valence-electron chi connectivity index (χ4n) is 4.64. The molecule has 8 amide bonds. The molecule has 0 spiro atoms. The van der Waals surface area contributed by atoms with Crippen molar-refractivity contribution in [3.8, 4) is 0 Å². The van der Waals surface area contributed by atoms with Gasteiger partial charge in [0, 0.05) is 19.4 Å². The molecule has 23 nitrogen and oxygen atoms in total. The molecule has 23 heteroatoms. The van der Waals surface area contributed by atoms with Crippen molar-refractivity contribution in [2.24, 2.45) is 33.7 Å². The second kappa shape index (κ2) is 24.1. The van der Waals surface area contributed by atoms with Crippen molar-refractivity contribution in [3.05, 3.63) is 35.9 Å². The molecule has 0 unspecified atom stereocenters. The van der Waals surface area contributed by atoms with Gasteiger partial charge in [-0.15, -0.1) is 0 Å². The zero-order valence-corrected chi connectivity index (χ0v) is 30.1. The van der Waals surface area contributed by atoms with E-state index in [2.05, 4.69) is 36.9 Å². The van der Waals surface area contributed by atoms with Gasteiger partial charge in [-0.25, -0.2) is 4.79 Å². The Balaban J connectivity index is 2.96. The molecule has 0 aliphatic rings. The summed E-state index contributed by atoms with van der Waals surface area (Å²) in [4.78, 5) is 116. The topological polar surface area (TPSA) is 409 Å². The SMILES string of the molecule is C[C@H](NC(=O)CNC(=O)[C@H](CC(N)=O)NC(=O)[C@H](CCC(N)=O)NC(=O)[C@@H](N)CO)C(=O)N[C@@H](CCCN=C(N)N)C(=O)N[C@@H](Cc1ccccc1)C(=O)O. The first-order valence-electron chi connectivity index (χ1n) is 16.9. The molecular weight excluding hydrogens is 728 g/mol. The number of nitrogens with zero attached hydrogens (tertiary/aromatic N) is 1. The van der Waals surface area contributed by atoms with Crippen LogP contribution in [0.1, 0.15) is 44.6 Å². The van der Waals surface area contributed by atoms with Crippen molar-refractivity contribution >= 4 is 59.2 Å². The number of nitrogens with one attached hydrogen (secondary N) is 6. The van der Waals surface area contributed by atoms with Crippen LogP contribution in [-0.4, -0.2) is 125 Å². The first-order valence-corrected chi connectivity index (χ1v) is 16.9. The van der Waals surface area contributed by atoms with E-state index in [-0.39, 0.29) is 44.6 Å². The van der Waals surface area contributed by atoms with Crippen LogP contribution in [0.5, 0.6) is 0 Å². The van der Waals surface area contributed by atoms with Crippen molar-refractivity contribution in [3.63, 3.8) is 0 Å². The average Bonchev–Trinajstić information content (AvgIpc) is 3.12. The molecule has 55 heavy (non-hydrogen) atoms. The van der Waals surface area contributed by atoms with Crippen LogP contribution in [0.15, 0.2) is 35.3 Å². The Morgan fingerprint density at radius 1 is 0.709 bits per heavy atom. The van der Waals surface area contributed by atoms with Crippen LogP contribution in [0.2, 0.25) is 0 Å². The number of aliphatic hydroxyl groups excluding tert-OH is 1. The zero-order chi connectivity index (χ0) is 41.7. The largest absolute Gasteiger partial charge is 0.480 e. The van der Waals surface area contributed by atoms with Gasteiger partial charge in [0.05, 0.1) is 19.6 Å². The van der Waals surface area contributed by atoms with Gasteiger partial charge in [0.1, 0.15) is 36.3 Å². The van der Waals surface area contributed by atoms with Gasteiger partial charge in [0.15, 0.2) is 5.96 Å². The number of carbonyl (C=O) groups is 9. The molecule has 0 fully saturated rings. The number of rotatable bonds is 25. The van der Waals surface area contributed by atoms with Gasteiger partial charge in [0.2, 0.25) is 47.3 Å². The summed E-state index contributed by atoms with van der Waals surface area (Å²) in [7, 11) is 0. The molecule has 304 valence electrons. The minimum absolute atomic E-state index is 0.0307. The second-order valence-electron chi connectivity index (χ2n) is 12.2. The predicted octanol–water partition coefficient (Wildman–Crippen LogP) is -6.61. The smallest absolute Gasteiger partial charge is 0.326 e. The maximum atomic E-state index is 13.2. The Morgan fingerprint density at radius 2 is 1.27 bits per heavy atom. The summed E-state index contributed by atoms with van der Waals surface area (Å²) in [5, 5.41) is 32.6. The van der Waals surface area contributed by atoms with Crippen LogP contribution in [-0.2, 0) is 49.6 Å². The van der Waals surface area contributed by atoms with E-state index in [1.807, 2.05) is 0 Å². The van der Waals surface area contributed by atoms with E-state index in [4.69, 9.17) is 33.8 Å². The molecule has 1 aromatic carbocycles. The lowest BCUT2D eigenvalue weighted by molar-refractivity contribution is -0.142. The van der Waals surface area contributed by atoms with Crippen molar-refractivity contribution in [1.29, 1.82) is 0 Å². The number of aliphatic hydroxyl groups is 1. The molecule has 0 radical (unpaired) electrons. The van der Waals surface area contributed by atoms with Gasteiger partial charge in [-0.3, -0.25) is 43.3 Å². The lowest BCUT2D eigenvalue weighted by atomic mass is 10.0. The summed E-state index contributed by atoms with van der Waals surface area (Å²) in [6.45, 7) is -0.211. The first-order chi connectivity index (χ1) is 25.8. The van der Waals surface area contributed by atoms with E-state index in [1.54, 1.807) is 30.3 Å². The monoisotopic (exact) mass is 778 g/mol. The van der Waals surface area contributed by atoms with E-state index >= 15 is 0 Å². The van der Waals surface area contributed by atoms with Crippen LogP contribution in [0.3, 0.4) is 0 Å². The van der Waals surface area contributed by atoms with Gasteiger partial charge in [-0.2, -0.15) is 0 Å². The molecule has 0 aliphatic carbocycles. The van der Waals surface area contributed by atoms with Crippen molar-refractivity contribution in [2.75, 3.05) is 19.7 Å². The van der Waals surface area contributed by atoms with Gasteiger partial charge < -0.3 is 70.8 Å². The molecule has 0 aromatic heterocycles. The number of carboxylic acids is 1. The Hall–Kier alpha value is -6.36. The Bertz CT molecular complexity index is 1560. The minimum Gasteiger partial charge on any atom is -0.480 e. The summed E-state index contributed by atoms with van der Waals surface area (Å²) >= 11 is 0. The number of nitrogens with two attached hydrogens (primary N) is 5. The molecule has 0 saturated carbocycles. The van der Waals surface area contributed by atoms with Gasteiger partial charge in [-0.1, -0.05) is 30.3 Å². The van der Waals surface area contributed by atoms with E-state index in [0.717, 1.165) is 0 Å². The number of aliphatic carboxylic acids is 1. The number of amides is 8. The van der Waals surface area contributed by atoms with Crippen LogP contribution in [0.4, 0.5) is 0 Å². The minimum atomic E-state index is -1.67. The number of benzene rings is 1. The molecule has 6 atom stereocenters. The molecule has 18 N–H and O–H groups in total. The summed E-state index contributed by atoms with van der Waals surface area (Å²) in [5.74, 6) is -9.11. The number of hydrogen-bond acceptors (Lipinski definition) is 12. The third-order valence-corrected chi connectivity index (χ3v) is 7.55. The van der Waals surface area contributed by atoms with Crippen LogP contribution in [0.25, 0.3) is 0 Å². The van der Waals surface area contributed by atoms with E-state index in [9.17, 15) is 48.3 Å². The van der Waals surface area contributed by atoms with Gasteiger partial charge in [-0.05, 0) is 31.7 Å². The molecule has 0 aliphatic heterocycles. The third-order valence-electron chi connectivity index (χ3n) is 7.55. The highest BCUT2D eigenvalue weighted by molar-refractivity contribution is 5.97. The highest BCUT2D eigenvalue weighted by Gasteiger charge is 2.31. The zero-order valence-electron chi connectivity index (χ0n) is 30.1. The number of hydrogen-bond donors (Lipinski definition) is 13. The standard InChI is InChI=1S/C32H50N12O11/c1-16(26(49)41-19(8-5-11-38-32(36)37)29(52)44-22(31(54)55)12-17-6-3-2-4-7-17)40-25(48)14-39-28(51)21(13-24(35)47)43-30(53)20(9-10-23(34)46)42-27(50)18(33)15-45/h2-4,6-7,16,18-22,45H,5,8-15,33H2,1H3,(H2,34,46)(H2,35,47)(H,39,51)(H,40,48)(H,41,49)(H,42,50)(H,43,53)(H,44,52)(H,54,55)(H4,36,37,38)/t16-,18-,19-,20-,21-,22-/m0/s1. The Kier molecular flexibility index (Phi) is 20.4. The van der Waals surface area contributed by atoms with Crippen molar-refractivity contribution in [2.45, 2.75) is 81.7 Å². The number of aliphatic imine (C=N–C) groups is 1. The highest BCUT2D eigenvalue weighted by Crippen LogP contribution is 2.07. The molecule has 0 heterocycles. The van der Waals surface area contributed by atoms with Gasteiger partial charge >= 0.3 is 5.97 Å². The summed E-state index contributed by atoms with van der Waals surface area (Å²) in [6, 6.07) is -0.0139. The fraction of sp³-hybridized carbons (Fsp3) is 0.500. The highest BCUT2D eigenvalue weighted by atomic mass is 16.4. The molecule has 0 bridgehead atoms.